The highest BCUT2D eigenvalue weighted by molar-refractivity contribution is 5.72. The van der Waals surface area contributed by atoms with Crippen LogP contribution in [0.3, 0.4) is 0 Å². The van der Waals surface area contributed by atoms with Gasteiger partial charge in [0.1, 0.15) is 0 Å². The molecule has 3 unspecified atom stereocenters. The number of aryl methyl sites for hydroxylation is 1. The van der Waals surface area contributed by atoms with Crippen molar-refractivity contribution in [3.63, 3.8) is 0 Å². The normalized spacial score (nSPS) is 36.5. The molecule has 3 fully saturated rings. The fraction of sp³-hybridized carbons (Fsp3) is 0.643. The predicted octanol–water partition coefficient (Wildman–Crippen LogP) is 7.14. The molecule has 2 aliphatic heterocycles. The number of fused-ring (bicyclic) bond motifs is 5. The van der Waals surface area contributed by atoms with Crippen LogP contribution in [0.2, 0.25) is 0 Å². The summed E-state index contributed by atoms with van der Waals surface area (Å²) >= 11 is 0. The molecule has 0 aromatic heterocycles. The lowest BCUT2D eigenvalue weighted by atomic mass is 9.52. The summed E-state index contributed by atoms with van der Waals surface area (Å²) < 4.78 is 0. The van der Waals surface area contributed by atoms with Gasteiger partial charge >= 0.3 is 0 Å². The van der Waals surface area contributed by atoms with Crippen LogP contribution in [0.25, 0.3) is 5.57 Å². The second kappa shape index (κ2) is 8.42. The Balaban J connectivity index is 0.000000994. The molecule has 1 nitrogen and oxygen atoms in total. The third kappa shape index (κ3) is 3.65. The minimum atomic E-state index is 0.587. The minimum Gasteiger partial charge on any atom is -0.296 e. The van der Waals surface area contributed by atoms with Gasteiger partial charge in [-0.25, -0.2) is 0 Å². The van der Waals surface area contributed by atoms with Crippen LogP contribution in [-0.2, 0) is 6.42 Å². The standard InChI is InChI=1S/C26H37N.C2H4/c1-4-20-9-5-6-11-23(20)22-12-13-27-17-26(3)16-19-8-7-10-21(14-19)24(26)15-25(27)18(22)2;1-2/h5-6,9,11,19,21,24-25H,4,7-8,10,12-17H2,1-3H3;1-2H2/t19?,21?,24-,25?,26-;/m1./s1. The van der Waals surface area contributed by atoms with Crippen LogP contribution in [0.5, 0.6) is 0 Å². The monoisotopic (exact) mass is 391 g/mol. The summed E-state index contributed by atoms with van der Waals surface area (Å²) in [7, 11) is 0. The second-order valence-electron chi connectivity index (χ2n) is 10.4. The predicted molar refractivity (Wildman–Crippen MR) is 126 cm³/mol. The van der Waals surface area contributed by atoms with Gasteiger partial charge in [-0.05, 0) is 78.9 Å². The van der Waals surface area contributed by atoms with E-state index in [0.29, 0.717) is 11.5 Å². The van der Waals surface area contributed by atoms with Crippen LogP contribution in [0, 0.1) is 23.2 Å². The number of hydrogen-bond acceptors (Lipinski definition) is 1. The van der Waals surface area contributed by atoms with E-state index in [1.54, 1.807) is 23.1 Å². The lowest BCUT2D eigenvalue weighted by Crippen LogP contribution is -2.58. The van der Waals surface area contributed by atoms with Crippen molar-refractivity contribution in [1.29, 1.82) is 0 Å². The van der Waals surface area contributed by atoms with Crippen LogP contribution >= 0.6 is 0 Å². The van der Waals surface area contributed by atoms with Crippen molar-refractivity contribution in [3.05, 3.63) is 54.1 Å². The highest BCUT2D eigenvalue weighted by Gasteiger charge is 2.52. The number of piperidine rings is 1. The van der Waals surface area contributed by atoms with E-state index in [4.69, 9.17) is 0 Å². The van der Waals surface area contributed by atoms with Crippen LogP contribution in [0.15, 0.2) is 43.0 Å². The smallest absolute Gasteiger partial charge is 0.0314 e. The van der Waals surface area contributed by atoms with Crippen LogP contribution < -0.4 is 0 Å². The van der Waals surface area contributed by atoms with E-state index in [2.05, 4.69) is 63.1 Å². The van der Waals surface area contributed by atoms with Crippen molar-refractivity contribution < 1.29 is 0 Å². The Hall–Kier alpha value is -1.34. The summed E-state index contributed by atoms with van der Waals surface area (Å²) in [6, 6.07) is 9.87. The first kappa shape index (κ1) is 20.9. The first-order valence-electron chi connectivity index (χ1n) is 12.1. The molecule has 158 valence electrons. The maximum Gasteiger partial charge on any atom is 0.0314 e. The molecule has 1 saturated heterocycles. The number of hydrogen-bond donors (Lipinski definition) is 0. The number of nitrogens with zero attached hydrogens (tertiary/aromatic N) is 1. The van der Waals surface area contributed by atoms with Gasteiger partial charge < -0.3 is 0 Å². The van der Waals surface area contributed by atoms with Gasteiger partial charge in [0.2, 0.25) is 0 Å². The van der Waals surface area contributed by atoms with Crippen LogP contribution in [0.4, 0.5) is 0 Å². The highest BCUT2D eigenvalue weighted by Crippen LogP contribution is 2.57. The van der Waals surface area contributed by atoms with E-state index in [9.17, 15) is 0 Å². The van der Waals surface area contributed by atoms with E-state index in [1.165, 1.54) is 57.2 Å². The zero-order valence-corrected chi connectivity index (χ0v) is 19.1. The molecule has 1 heteroatoms. The number of benzene rings is 1. The summed E-state index contributed by atoms with van der Waals surface area (Å²) in [6.07, 6.45) is 11.4. The van der Waals surface area contributed by atoms with Gasteiger partial charge in [-0.3, -0.25) is 4.90 Å². The summed E-state index contributed by atoms with van der Waals surface area (Å²) in [4.78, 5) is 2.88. The lowest BCUT2D eigenvalue weighted by Gasteiger charge is -2.59. The Morgan fingerprint density at radius 1 is 1.14 bits per heavy atom. The molecular weight excluding hydrogens is 350 g/mol. The molecule has 5 rings (SSSR count). The maximum atomic E-state index is 3.00. The van der Waals surface area contributed by atoms with E-state index < -0.39 is 0 Å². The first-order valence-corrected chi connectivity index (χ1v) is 12.1. The highest BCUT2D eigenvalue weighted by atomic mass is 15.2. The molecule has 2 aliphatic carbocycles. The Morgan fingerprint density at radius 2 is 1.93 bits per heavy atom. The fourth-order valence-electron chi connectivity index (χ4n) is 7.70. The molecule has 4 aliphatic rings. The van der Waals surface area contributed by atoms with Gasteiger partial charge in [-0.15, -0.1) is 13.2 Å². The van der Waals surface area contributed by atoms with Crippen molar-refractivity contribution in [2.75, 3.05) is 13.1 Å². The molecule has 29 heavy (non-hydrogen) atoms. The molecule has 2 heterocycles. The van der Waals surface area contributed by atoms with Gasteiger partial charge in [0.15, 0.2) is 0 Å². The molecule has 0 spiro atoms. The molecule has 0 amide bonds. The Morgan fingerprint density at radius 3 is 2.72 bits per heavy atom. The van der Waals surface area contributed by atoms with E-state index in [-0.39, 0.29) is 0 Å². The zero-order chi connectivity index (χ0) is 20.6. The van der Waals surface area contributed by atoms with E-state index >= 15 is 0 Å². The molecule has 1 aromatic rings. The van der Waals surface area contributed by atoms with Crippen molar-refractivity contribution in [1.82, 2.24) is 4.90 Å². The maximum absolute atomic E-state index is 3.00. The molecule has 0 radical (unpaired) electrons. The lowest BCUT2D eigenvalue weighted by molar-refractivity contribution is -0.0806. The van der Waals surface area contributed by atoms with E-state index in [1.807, 2.05) is 0 Å². The second-order valence-corrected chi connectivity index (χ2v) is 10.4. The largest absolute Gasteiger partial charge is 0.296 e. The van der Waals surface area contributed by atoms with Gasteiger partial charge in [-0.1, -0.05) is 62.9 Å². The Labute approximate surface area is 179 Å². The van der Waals surface area contributed by atoms with Crippen LogP contribution in [-0.4, -0.2) is 24.0 Å². The van der Waals surface area contributed by atoms with Crippen molar-refractivity contribution in [3.8, 4) is 0 Å². The third-order valence-electron chi connectivity index (χ3n) is 8.87. The SMILES string of the molecule is C=C.CCc1ccccc1C1=C(C)C2C[C@@H]3C4CCCC(C4)C[C@]3(C)CN2CC1. The summed E-state index contributed by atoms with van der Waals surface area (Å²) in [5, 5.41) is 0. The quantitative estimate of drug-likeness (QED) is 0.484. The average molecular weight is 392 g/mol. The molecule has 2 bridgehead atoms. The van der Waals surface area contributed by atoms with Gasteiger partial charge in [0, 0.05) is 19.1 Å². The third-order valence-corrected chi connectivity index (χ3v) is 8.87. The fourth-order valence-corrected chi connectivity index (χ4v) is 7.70. The molecular formula is C28H41N. The molecule has 0 N–H and O–H groups in total. The molecule has 2 saturated carbocycles. The van der Waals surface area contributed by atoms with Crippen molar-refractivity contribution in [2.45, 2.75) is 78.2 Å². The van der Waals surface area contributed by atoms with Gasteiger partial charge in [-0.2, -0.15) is 0 Å². The molecule has 5 atom stereocenters. The minimum absolute atomic E-state index is 0.587. The summed E-state index contributed by atoms with van der Waals surface area (Å²) in [5.74, 6) is 3.02. The average Bonchev–Trinajstić information content (AvgIpc) is 2.74. The molecule has 1 aromatic carbocycles. The van der Waals surface area contributed by atoms with Gasteiger partial charge in [0.05, 0.1) is 0 Å². The van der Waals surface area contributed by atoms with Crippen LogP contribution in [0.1, 0.15) is 76.8 Å². The summed E-state index contributed by atoms with van der Waals surface area (Å²) in [6.45, 7) is 16.0. The summed E-state index contributed by atoms with van der Waals surface area (Å²) in [5.41, 5.74) is 7.04. The first-order chi connectivity index (χ1) is 14.1. The van der Waals surface area contributed by atoms with Crippen molar-refractivity contribution >= 4 is 5.57 Å². The Kier molecular flexibility index (Phi) is 6.07. The van der Waals surface area contributed by atoms with Crippen molar-refractivity contribution in [2.24, 2.45) is 23.2 Å². The van der Waals surface area contributed by atoms with E-state index in [0.717, 1.165) is 24.2 Å². The topological polar surface area (TPSA) is 3.24 Å². The number of rotatable bonds is 2. The van der Waals surface area contributed by atoms with Gasteiger partial charge in [0.25, 0.3) is 0 Å². The Bertz CT molecular complexity index is 761. The zero-order valence-electron chi connectivity index (χ0n) is 19.1.